The van der Waals surface area contributed by atoms with Gasteiger partial charge in [0.1, 0.15) is 0 Å². The number of piperidine rings is 1. The first-order chi connectivity index (χ1) is 18.8. The molecule has 1 aliphatic heterocycles. The number of aryl methyl sites for hydroxylation is 1. The van der Waals surface area contributed by atoms with Gasteiger partial charge >= 0.3 is 0 Å². The van der Waals surface area contributed by atoms with Gasteiger partial charge in [0.2, 0.25) is 15.9 Å². The quantitative estimate of drug-likeness (QED) is 0.368. The summed E-state index contributed by atoms with van der Waals surface area (Å²) < 4.78 is 28.1. The van der Waals surface area contributed by atoms with E-state index < -0.39 is 10.0 Å². The predicted molar refractivity (Wildman–Crippen MR) is 153 cm³/mol. The van der Waals surface area contributed by atoms with Gasteiger partial charge in [0.15, 0.2) is 0 Å². The van der Waals surface area contributed by atoms with E-state index in [4.69, 9.17) is 0 Å². The fourth-order valence-corrected chi connectivity index (χ4v) is 6.58. The highest BCUT2D eigenvalue weighted by Crippen LogP contribution is 2.23. The Hall–Kier alpha value is -3.49. The van der Waals surface area contributed by atoms with E-state index in [1.54, 1.807) is 30.3 Å². The summed E-state index contributed by atoms with van der Waals surface area (Å²) >= 11 is 0. The normalized spacial score (nSPS) is 14.4. The van der Waals surface area contributed by atoms with Gasteiger partial charge in [0.25, 0.3) is 5.91 Å². The fraction of sp³-hybridized carbons (Fsp3) is 0.355. The van der Waals surface area contributed by atoms with Crippen LogP contribution in [0.2, 0.25) is 0 Å². The molecule has 8 heteroatoms. The van der Waals surface area contributed by atoms with Crippen LogP contribution < -0.4 is 0 Å². The van der Waals surface area contributed by atoms with Gasteiger partial charge in [-0.1, -0.05) is 73.7 Å². The van der Waals surface area contributed by atoms with E-state index in [0.29, 0.717) is 44.5 Å². The molecule has 0 aromatic heterocycles. The molecule has 1 heterocycles. The second-order valence-corrected chi connectivity index (χ2v) is 11.9. The molecule has 1 saturated heterocycles. The van der Waals surface area contributed by atoms with Gasteiger partial charge in [-0.2, -0.15) is 4.31 Å². The van der Waals surface area contributed by atoms with Crippen molar-refractivity contribution in [3.8, 4) is 0 Å². The van der Waals surface area contributed by atoms with Crippen LogP contribution in [0.4, 0.5) is 0 Å². The first-order valence-electron chi connectivity index (χ1n) is 13.5. The maximum atomic E-state index is 13.8. The maximum Gasteiger partial charge on any atom is 0.254 e. The van der Waals surface area contributed by atoms with Crippen LogP contribution in [0.15, 0.2) is 89.8 Å². The third-order valence-electron chi connectivity index (χ3n) is 7.25. The van der Waals surface area contributed by atoms with Gasteiger partial charge in [-0.3, -0.25) is 9.59 Å². The summed E-state index contributed by atoms with van der Waals surface area (Å²) in [6.07, 6.45) is 1.86. The summed E-state index contributed by atoms with van der Waals surface area (Å²) in [5.41, 5.74) is 2.63. The van der Waals surface area contributed by atoms with Crippen molar-refractivity contribution < 1.29 is 18.0 Å². The Morgan fingerprint density at radius 1 is 0.872 bits per heavy atom. The van der Waals surface area contributed by atoms with E-state index in [1.165, 1.54) is 4.31 Å². The molecule has 3 aromatic rings. The molecule has 0 unspecified atom stereocenters. The molecule has 1 fully saturated rings. The summed E-state index contributed by atoms with van der Waals surface area (Å²) in [5.74, 6) is -0.217. The molecule has 0 saturated carbocycles. The number of sulfonamides is 1. The standard InChI is InChI=1S/C31H37N3O4S/c1-3-20-33(39(37,38)28-15-8-5-9-16-28)24-30(35)34(23-26-13-6-4-7-14-26)27-18-21-32(22-19-27)31(36)29-17-11-10-12-25(29)2/h4-17,27H,3,18-24H2,1-2H3. The summed E-state index contributed by atoms with van der Waals surface area (Å²) in [5, 5.41) is 0. The molecule has 0 bridgehead atoms. The molecule has 1 aliphatic rings. The van der Waals surface area contributed by atoms with Gasteiger partial charge in [-0.25, -0.2) is 8.42 Å². The Morgan fingerprint density at radius 3 is 2.08 bits per heavy atom. The van der Waals surface area contributed by atoms with Crippen molar-refractivity contribution >= 4 is 21.8 Å². The largest absolute Gasteiger partial charge is 0.338 e. The van der Waals surface area contributed by atoms with Crippen LogP contribution in [0.1, 0.15) is 47.7 Å². The second kappa shape index (κ2) is 13.0. The first-order valence-corrected chi connectivity index (χ1v) is 15.0. The molecular formula is C31H37N3O4S. The van der Waals surface area contributed by atoms with Crippen molar-refractivity contribution in [2.45, 2.75) is 50.6 Å². The first kappa shape index (κ1) is 28.5. The predicted octanol–water partition coefficient (Wildman–Crippen LogP) is 4.73. The summed E-state index contributed by atoms with van der Waals surface area (Å²) in [4.78, 5) is 30.8. The van der Waals surface area contributed by atoms with Gasteiger partial charge in [-0.15, -0.1) is 0 Å². The van der Waals surface area contributed by atoms with Crippen LogP contribution >= 0.6 is 0 Å². The van der Waals surface area contributed by atoms with E-state index in [-0.39, 0.29) is 35.8 Å². The lowest BCUT2D eigenvalue weighted by Gasteiger charge is -2.39. The lowest BCUT2D eigenvalue weighted by Crippen LogP contribution is -2.51. The number of hydrogen-bond acceptors (Lipinski definition) is 4. The number of amides is 2. The van der Waals surface area contributed by atoms with Crippen molar-refractivity contribution in [1.82, 2.24) is 14.1 Å². The molecular weight excluding hydrogens is 510 g/mol. The van der Waals surface area contributed by atoms with Crippen LogP contribution in [-0.2, 0) is 21.4 Å². The Labute approximate surface area is 232 Å². The number of nitrogens with zero attached hydrogens (tertiary/aromatic N) is 3. The minimum Gasteiger partial charge on any atom is -0.338 e. The Balaban J connectivity index is 1.52. The molecule has 3 aromatic carbocycles. The minimum absolute atomic E-state index is 0.00978. The van der Waals surface area contributed by atoms with Gasteiger partial charge in [-0.05, 0) is 55.5 Å². The minimum atomic E-state index is -3.82. The summed E-state index contributed by atoms with van der Waals surface area (Å²) in [7, 11) is -3.82. The Kier molecular flexibility index (Phi) is 9.54. The number of carbonyl (C=O) groups excluding carboxylic acids is 2. The number of hydrogen-bond donors (Lipinski definition) is 0. The van der Waals surface area contributed by atoms with Crippen molar-refractivity contribution in [2.75, 3.05) is 26.2 Å². The molecule has 39 heavy (non-hydrogen) atoms. The topological polar surface area (TPSA) is 78.0 Å². The maximum absolute atomic E-state index is 13.8. The van der Waals surface area contributed by atoms with Crippen LogP contribution in [0.3, 0.4) is 0 Å². The number of benzene rings is 3. The average molecular weight is 548 g/mol. The van der Waals surface area contributed by atoms with Crippen LogP contribution in [0, 0.1) is 6.92 Å². The van der Waals surface area contributed by atoms with Crippen molar-refractivity contribution in [2.24, 2.45) is 0 Å². The Morgan fingerprint density at radius 2 is 1.46 bits per heavy atom. The third kappa shape index (κ3) is 6.94. The van der Waals surface area contributed by atoms with Gasteiger partial charge < -0.3 is 9.80 Å². The third-order valence-corrected chi connectivity index (χ3v) is 9.11. The highest BCUT2D eigenvalue weighted by atomic mass is 32.2. The van der Waals surface area contributed by atoms with E-state index in [0.717, 1.165) is 11.1 Å². The van der Waals surface area contributed by atoms with Gasteiger partial charge in [0, 0.05) is 37.8 Å². The van der Waals surface area contributed by atoms with Crippen molar-refractivity contribution in [1.29, 1.82) is 0 Å². The van der Waals surface area contributed by atoms with Crippen LogP contribution in [0.5, 0.6) is 0 Å². The molecule has 4 rings (SSSR count). The van der Waals surface area contributed by atoms with E-state index >= 15 is 0 Å². The second-order valence-electron chi connectivity index (χ2n) is 10.00. The zero-order chi connectivity index (χ0) is 27.8. The molecule has 0 radical (unpaired) electrons. The van der Waals surface area contributed by atoms with Gasteiger partial charge in [0.05, 0.1) is 11.4 Å². The molecule has 0 atom stereocenters. The average Bonchev–Trinajstić information content (AvgIpc) is 2.96. The highest BCUT2D eigenvalue weighted by Gasteiger charge is 2.33. The monoisotopic (exact) mass is 547 g/mol. The lowest BCUT2D eigenvalue weighted by molar-refractivity contribution is -0.135. The number of rotatable bonds is 10. The number of likely N-dealkylation sites (tertiary alicyclic amines) is 1. The lowest BCUT2D eigenvalue weighted by atomic mass is 10.00. The van der Waals surface area contributed by atoms with E-state index in [2.05, 4.69) is 0 Å². The molecule has 7 nitrogen and oxygen atoms in total. The van der Waals surface area contributed by atoms with E-state index in [9.17, 15) is 18.0 Å². The SMILES string of the molecule is CCCN(CC(=O)N(Cc1ccccc1)C1CCN(C(=O)c2ccccc2C)CC1)S(=O)(=O)c1ccccc1. The van der Waals surface area contributed by atoms with E-state index in [1.807, 2.05) is 78.2 Å². The molecule has 2 amide bonds. The summed E-state index contributed by atoms with van der Waals surface area (Å²) in [6, 6.07) is 25.5. The smallest absolute Gasteiger partial charge is 0.254 e. The molecule has 206 valence electrons. The highest BCUT2D eigenvalue weighted by molar-refractivity contribution is 7.89. The zero-order valence-electron chi connectivity index (χ0n) is 22.7. The fourth-order valence-electron chi connectivity index (χ4n) is 5.08. The summed E-state index contributed by atoms with van der Waals surface area (Å²) in [6.45, 7) is 5.34. The molecule has 0 aliphatic carbocycles. The molecule has 0 spiro atoms. The van der Waals surface area contributed by atoms with Crippen LogP contribution in [0.25, 0.3) is 0 Å². The molecule has 0 N–H and O–H groups in total. The van der Waals surface area contributed by atoms with Crippen molar-refractivity contribution in [3.63, 3.8) is 0 Å². The zero-order valence-corrected chi connectivity index (χ0v) is 23.5. The Bertz CT molecular complexity index is 1350. The van der Waals surface area contributed by atoms with Crippen LogP contribution in [-0.4, -0.2) is 66.6 Å². The van der Waals surface area contributed by atoms with Crippen molar-refractivity contribution in [3.05, 3.63) is 102 Å². The number of carbonyl (C=O) groups is 2.